The highest BCUT2D eigenvalue weighted by atomic mass is 16.5. The van der Waals surface area contributed by atoms with Crippen LogP contribution in [-0.2, 0) is 33.3 Å². The summed E-state index contributed by atoms with van der Waals surface area (Å²) in [5, 5.41) is 0. The summed E-state index contributed by atoms with van der Waals surface area (Å²) in [7, 11) is 4.58. The van der Waals surface area contributed by atoms with Gasteiger partial charge in [0.15, 0.2) is 0 Å². The van der Waals surface area contributed by atoms with Gasteiger partial charge in [0.25, 0.3) is 0 Å². The van der Waals surface area contributed by atoms with Gasteiger partial charge in [-0.25, -0.2) is 0 Å². The van der Waals surface area contributed by atoms with Crippen molar-refractivity contribution >= 4 is 17.9 Å². The topological polar surface area (TPSA) is 88.1 Å². The summed E-state index contributed by atoms with van der Waals surface area (Å²) in [6.07, 6.45) is 44.9. The highest BCUT2D eigenvalue weighted by Crippen LogP contribution is 2.18. The van der Waals surface area contributed by atoms with E-state index in [1.807, 2.05) is 0 Å². The molecule has 0 aliphatic heterocycles. The molecule has 0 spiro atoms. The molecule has 0 aromatic carbocycles. The number of carbonyl (C=O) groups excluding carboxylic acids is 3. The van der Waals surface area contributed by atoms with E-state index in [2.05, 4.69) is 33.8 Å². The first-order valence-electron chi connectivity index (χ1n) is 21.2. The van der Waals surface area contributed by atoms with Crippen LogP contribution in [0.2, 0.25) is 0 Å². The molecule has 0 bridgehead atoms. The molecule has 298 valence electrons. The number of hydrogen-bond donors (Lipinski definition) is 0. The van der Waals surface area contributed by atoms with Crippen molar-refractivity contribution in [1.82, 2.24) is 0 Å². The van der Waals surface area contributed by atoms with Crippen molar-refractivity contribution < 1.29 is 33.3 Å². The number of methoxy groups -OCH3 is 3. The minimum atomic E-state index is -0.0943. The highest BCUT2D eigenvalue weighted by Gasteiger charge is 2.14. The maximum absolute atomic E-state index is 12.4. The van der Waals surface area contributed by atoms with Crippen LogP contribution in [0.25, 0.3) is 0 Å². The fourth-order valence-electron chi connectivity index (χ4n) is 6.35. The predicted molar refractivity (Wildman–Crippen MR) is 212 cm³/mol. The van der Waals surface area contributed by atoms with Crippen molar-refractivity contribution in [2.75, 3.05) is 27.9 Å². The van der Waals surface area contributed by atoms with Crippen LogP contribution in [0.15, 0.2) is 24.3 Å². The third-order valence-corrected chi connectivity index (χ3v) is 9.61. The van der Waals surface area contributed by atoms with Gasteiger partial charge in [0.2, 0.25) is 0 Å². The van der Waals surface area contributed by atoms with Gasteiger partial charge < -0.3 is 18.9 Å². The fourth-order valence-corrected chi connectivity index (χ4v) is 6.35. The van der Waals surface area contributed by atoms with Gasteiger partial charge in [-0.3, -0.25) is 14.4 Å². The first kappa shape index (κ1) is 48.9. The third kappa shape index (κ3) is 38.9. The molecule has 7 nitrogen and oxygen atoms in total. The van der Waals surface area contributed by atoms with Gasteiger partial charge in [-0.1, -0.05) is 114 Å². The van der Waals surface area contributed by atoms with Crippen molar-refractivity contribution in [1.29, 1.82) is 0 Å². The van der Waals surface area contributed by atoms with E-state index >= 15 is 0 Å². The van der Waals surface area contributed by atoms with E-state index in [1.165, 1.54) is 143 Å². The lowest BCUT2D eigenvalue weighted by molar-refractivity contribution is -0.150. The van der Waals surface area contributed by atoms with E-state index in [-0.39, 0.29) is 24.0 Å². The average molecular weight is 721 g/mol. The number of hydrogen-bond acceptors (Lipinski definition) is 7. The Morgan fingerprint density at radius 3 is 1.06 bits per heavy atom. The minimum Gasteiger partial charge on any atom is -0.469 e. The smallest absolute Gasteiger partial charge is 0.306 e. The van der Waals surface area contributed by atoms with Gasteiger partial charge in [0.1, 0.15) is 6.10 Å². The lowest BCUT2D eigenvalue weighted by atomic mass is 10.0. The molecule has 51 heavy (non-hydrogen) atoms. The van der Waals surface area contributed by atoms with E-state index in [4.69, 9.17) is 9.47 Å². The van der Waals surface area contributed by atoms with E-state index in [0.717, 1.165) is 57.8 Å². The second-order valence-electron chi connectivity index (χ2n) is 14.3. The van der Waals surface area contributed by atoms with Crippen LogP contribution in [0.1, 0.15) is 205 Å². The van der Waals surface area contributed by atoms with Crippen LogP contribution in [0.4, 0.5) is 0 Å². The van der Waals surface area contributed by atoms with Gasteiger partial charge in [-0.2, -0.15) is 0 Å². The Hall–Kier alpha value is -2.15. The lowest BCUT2D eigenvalue weighted by Gasteiger charge is -2.18. The van der Waals surface area contributed by atoms with Gasteiger partial charge in [0, 0.05) is 33.0 Å². The SMILES string of the molecule is COCCCC(=O)OC(CCCCCCCC/C=C\CCCCCCCC(=O)OC)CCCCCCCC/C=C\CCCCCCCC(=O)OC. The van der Waals surface area contributed by atoms with Crippen LogP contribution < -0.4 is 0 Å². The molecule has 0 fully saturated rings. The minimum absolute atomic E-state index is 0.0648. The van der Waals surface area contributed by atoms with E-state index in [1.54, 1.807) is 7.11 Å². The summed E-state index contributed by atoms with van der Waals surface area (Å²) < 4.78 is 20.4. The molecule has 0 rings (SSSR count). The quantitative estimate of drug-likeness (QED) is 0.0270. The Morgan fingerprint density at radius 2 is 0.706 bits per heavy atom. The Balaban J connectivity index is 3.86. The number of rotatable bonds is 39. The number of carbonyl (C=O) groups is 3. The highest BCUT2D eigenvalue weighted by molar-refractivity contribution is 5.69. The molecule has 0 heterocycles. The number of ether oxygens (including phenoxy) is 4. The number of allylic oxidation sites excluding steroid dienone is 4. The van der Waals surface area contributed by atoms with E-state index < -0.39 is 0 Å². The summed E-state index contributed by atoms with van der Waals surface area (Å²) in [6, 6.07) is 0. The van der Waals surface area contributed by atoms with Gasteiger partial charge in [-0.05, 0) is 96.3 Å². The Morgan fingerprint density at radius 1 is 0.392 bits per heavy atom. The van der Waals surface area contributed by atoms with Crippen LogP contribution in [0.5, 0.6) is 0 Å². The van der Waals surface area contributed by atoms with E-state index in [9.17, 15) is 14.4 Å². The molecule has 0 saturated heterocycles. The maximum Gasteiger partial charge on any atom is 0.306 e. The van der Waals surface area contributed by atoms with E-state index in [0.29, 0.717) is 25.9 Å². The third-order valence-electron chi connectivity index (χ3n) is 9.61. The van der Waals surface area contributed by atoms with Gasteiger partial charge in [0.05, 0.1) is 14.2 Å². The zero-order valence-electron chi connectivity index (χ0n) is 33.6. The Kier molecular flexibility index (Phi) is 38.9. The normalized spacial score (nSPS) is 11.6. The number of esters is 3. The summed E-state index contributed by atoms with van der Waals surface area (Å²) in [4.78, 5) is 34.7. The zero-order chi connectivity index (χ0) is 37.3. The molecule has 0 aromatic heterocycles. The van der Waals surface area contributed by atoms with Gasteiger partial charge in [-0.15, -0.1) is 0 Å². The molecule has 0 radical (unpaired) electrons. The second-order valence-corrected chi connectivity index (χ2v) is 14.3. The molecule has 7 heteroatoms. The summed E-state index contributed by atoms with van der Waals surface area (Å²) in [5.41, 5.74) is 0. The largest absolute Gasteiger partial charge is 0.469 e. The van der Waals surface area contributed by atoms with Crippen molar-refractivity contribution in [3.63, 3.8) is 0 Å². The predicted octanol–water partition coefficient (Wildman–Crippen LogP) is 12.5. The number of unbranched alkanes of at least 4 members (excludes halogenated alkanes) is 22. The molecule has 0 aliphatic rings. The van der Waals surface area contributed by atoms with Crippen LogP contribution >= 0.6 is 0 Å². The van der Waals surface area contributed by atoms with Crippen LogP contribution in [-0.4, -0.2) is 51.9 Å². The molecule has 0 aromatic rings. The fraction of sp³-hybridized carbons (Fsp3) is 0.841. The summed E-state index contributed by atoms with van der Waals surface area (Å²) >= 11 is 0. The first-order valence-corrected chi connectivity index (χ1v) is 21.2. The first-order chi connectivity index (χ1) is 25.0. The molecule has 0 amide bonds. The second kappa shape index (κ2) is 40.6. The molecular formula is C44H80O7. The Labute approximate surface area is 314 Å². The van der Waals surface area contributed by atoms with Crippen LogP contribution in [0, 0.1) is 0 Å². The van der Waals surface area contributed by atoms with Crippen molar-refractivity contribution in [3.8, 4) is 0 Å². The van der Waals surface area contributed by atoms with Crippen LogP contribution in [0.3, 0.4) is 0 Å². The average Bonchev–Trinajstić information content (AvgIpc) is 3.13. The molecule has 0 aliphatic carbocycles. The molecule has 0 N–H and O–H groups in total. The molecular weight excluding hydrogens is 640 g/mol. The standard InChI is InChI=1S/C44H80O7/c1-48-40-34-39-44(47)51-41(35-30-26-22-18-14-10-6-4-8-12-16-20-24-28-32-37-42(45)49-2)36-31-27-23-19-15-11-7-5-9-13-17-21-25-29-33-38-43(46)50-3/h4-5,8-9,41H,6-7,10-40H2,1-3H3/b8-4-,9-5-. The Bertz CT molecular complexity index is 781. The van der Waals surface area contributed by atoms with Crippen molar-refractivity contribution in [2.45, 2.75) is 212 Å². The monoisotopic (exact) mass is 721 g/mol. The molecule has 0 atom stereocenters. The maximum atomic E-state index is 12.4. The van der Waals surface area contributed by atoms with Crippen molar-refractivity contribution in [2.24, 2.45) is 0 Å². The lowest BCUT2D eigenvalue weighted by Crippen LogP contribution is -2.18. The summed E-state index contributed by atoms with van der Waals surface area (Å²) in [6.45, 7) is 0.604. The van der Waals surface area contributed by atoms with Gasteiger partial charge >= 0.3 is 17.9 Å². The summed E-state index contributed by atoms with van der Waals surface area (Å²) in [5.74, 6) is -0.254. The molecule has 0 unspecified atom stereocenters. The van der Waals surface area contributed by atoms with Crippen molar-refractivity contribution in [3.05, 3.63) is 24.3 Å². The molecule has 0 saturated carbocycles. The zero-order valence-corrected chi connectivity index (χ0v) is 33.6.